The zero-order chi connectivity index (χ0) is 15.5. The maximum absolute atomic E-state index is 13.2. The minimum Gasteiger partial charge on any atom is -0.381 e. The maximum Gasteiger partial charge on any atom is 0.162 e. The van der Waals surface area contributed by atoms with Crippen molar-refractivity contribution in [2.24, 2.45) is 21.1 Å². The number of allylic oxidation sites excluding steroid dienone is 2. The van der Waals surface area contributed by atoms with Crippen LogP contribution in [0.1, 0.15) is 32.1 Å². The van der Waals surface area contributed by atoms with E-state index >= 15 is 0 Å². The zero-order valence-electron chi connectivity index (χ0n) is 13.2. The van der Waals surface area contributed by atoms with Gasteiger partial charge in [-0.05, 0) is 25.7 Å². The molecule has 0 aromatic rings. The molecular weight excluding hydrogens is 294 g/mol. The molecule has 1 aliphatic carbocycles. The molecule has 0 saturated carbocycles. The van der Waals surface area contributed by atoms with Gasteiger partial charge in [-0.15, -0.1) is 5.11 Å². The lowest BCUT2D eigenvalue weighted by molar-refractivity contribution is -0.120. The van der Waals surface area contributed by atoms with Gasteiger partial charge < -0.3 is 14.8 Å². The summed E-state index contributed by atoms with van der Waals surface area (Å²) in [7, 11) is 0. The minimum atomic E-state index is -0.199. The minimum absolute atomic E-state index is 0.0108. The Morgan fingerprint density at radius 2 is 1.87 bits per heavy atom. The van der Waals surface area contributed by atoms with Crippen LogP contribution in [-0.2, 0) is 14.3 Å². The van der Waals surface area contributed by atoms with Crippen LogP contribution in [0.2, 0.25) is 0 Å². The Morgan fingerprint density at radius 1 is 1.04 bits per heavy atom. The van der Waals surface area contributed by atoms with Crippen molar-refractivity contribution >= 4 is 5.78 Å². The van der Waals surface area contributed by atoms with E-state index < -0.39 is 0 Å². The Morgan fingerprint density at radius 3 is 2.65 bits per heavy atom. The molecule has 2 saturated heterocycles. The number of fused-ring (bicyclic) bond motifs is 2. The van der Waals surface area contributed by atoms with Gasteiger partial charge in [-0.25, -0.2) is 0 Å². The number of dihydropyridines is 1. The van der Waals surface area contributed by atoms with Crippen LogP contribution in [0.4, 0.5) is 0 Å². The number of carbonyl (C=O) groups excluding carboxylic acids is 1. The van der Waals surface area contributed by atoms with E-state index in [-0.39, 0.29) is 10.8 Å². The maximum atomic E-state index is 13.2. The van der Waals surface area contributed by atoms with Gasteiger partial charge in [0.1, 0.15) is 0 Å². The summed E-state index contributed by atoms with van der Waals surface area (Å²) >= 11 is 0. The average Bonchev–Trinajstić information content (AvgIpc) is 3.18. The first-order valence-electron chi connectivity index (χ1n) is 8.53. The summed E-state index contributed by atoms with van der Waals surface area (Å²) in [5.74, 6) is 1.18. The monoisotopic (exact) mass is 315 g/mol. The third kappa shape index (κ3) is 1.85. The lowest BCUT2D eigenvalue weighted by atomic mass is 9.59. The van der Waals surface area contributed by atoms with Crippen LogP contribution < -0.4 is 5.32 Å². The topological polar surface area (TPSA) is 72.3 Å². The van der Waals surface area contributed by atoms with Gasteiger partial charge in [0.15, 0.2) is 11.6 Å². The molecule has 5 rings (SSSR count). The summed E-state index contributed by atoms with van der Waals surface area (Å²) in [5.41, 5.74) is 3.07. The van der Waals surface area contributed by atoms with Crippen LogP contribution in [-0.4, -0.2) is 38.8 Å². The highest BCUT2D eigenvalue weighted by molar-refractivity contribution is 6.00. The van der Waals surface area contributed by atoms with Crippen molar-refractivity contribution < 1.29 is 14.3 Å². The standard InChI is InChI=1S/C17H21N3O3/c21-13-8-16(1-4-23-10-16)7-12-14(13)17(2-5-22-6-3-17)11-9-18-20-15(11)19-12/h19H,1-10H2/t16-/m1/s1. The number of hydrogen-bond acceptors (Lipinski definition) is 6. The molecule has 23 heavy (non-hydrogen) atoms. The SMILES string of the molecule is O=C1C[C@@]2(CCOC2)CC2=C1C1(CCOCC1)C1=C(N=NC1)N2. The number of nitrogens with one attached hydrogen (secondary N) is 1. The number of rotatable bonds is 0. The molecular formula is C17H21N3O3. The molecule has 6 nitrogen and oxygen atoms in total. The Labute approximate surface area is 135 Å². The molecule has 1 atom stereocenters. The molecule has 0 aromatic carbocycles. The van der Waals surface area contributed by atoms with Crippen LogP contribution in [0.15, 0.2) is 32.9 Å². The Bertz CT molecular complexity index is 665. The molecule has 122 valence electrons. The van der Waals surface area contributed by atoms with Crippen LogP contribution in [0.25, 0.3) is 0 Å². The van der Waals surface area contributed by atoms with Crippen molar-refractivity contribution in [2.45, 2.75) is 32.1 Å². The molecule has 0 amide bonds. The van der Waals surface area contributed by atoms with Gasteiger partial charge in [0.2, 0.25) is 0 Å². The number of nitrogens with zero attached hydrogens (tertiary/aromatic N) is 2. The van der Waals surface area contributed by atoms with E-state index in [1.807, 2.05) is 0 Å². The van der Waals surface area contributed by atoms with E-state index in [0.717, 1.165) is 49.4 Å². The summed E-state index contributed by atoms with van der Waals surface area (Å²) in [6, 6.07) is 0. The number of azo groups is 1. The first kappa shape index (κ1) is 13.9. The van der Waals surface area contributed by atoms with Gasteiger partial charge in [0.05, 0.1) is 13.2 Å². The second-order valence-electron chi connectivity index (χ2n) is 7.48. The summed E-state index contributed by atoms with van der Waals surface area (Å²) in [4.78, 5) is 13.2. The van der Waals surface area contributed by atoms with Gasteiger partial charge in [-0.2, -0.15) is 5.11 Å². The lowest BCUT2D eigenvalue weighted by Crippen LogP contribution is -2.47. The van der Waals surface area contributed by atoms with Gasteiger partial charge in [-0.1, -0.05) is 0 Å². The fraction of sp³-hybridized carbons (Fsp3) is 0.706. The first-order valence-corrected chi connectivity index (χ1v) is 8.53. The number of hydrogen-bond donors (Lipinski definition) is 1. The van der Waals surface area contributed by atoms with E-state index in [2.05, 4.69) is 15.5 Å². The summed E-state index contributed by atoms with van der Waals surface area (Å²) in [5, 5.41) is 12.0. The fourth-order valence-electron chi connectivity index (χ4n) is 5.07. The van der Waals surface area contributed by atoms with E-state index in [9.17, 15) is 4.79 Å². The van der Waals surface area contributed by atoms with Crippen molar-refractivity contribution in [2.75, 3.05) is 33.0 Å². The van der Waals surface area contributed by atoms with Crippen molar-refractivity contribution in [1.82, 2.24) is 5.32 Å². The summed E-state index contributed by atoms with van der Waals surface area (Å²) in [6.07, 6.45) is 4.22. The average molecular weight is 315 g/mol. The van der Waals surface area contributed by atoms with Gasteiger partial charge in [0.25, 0.3) is 0 Å². The van der Waals surface area contributed by atoms with Crippen molar-refractivity contribution in [3.05, 3.63) is 22.7 Å². The molecule has 1 N–H and O–H groups in total. The van der Waals surface area contributed by atoms with Crippen LogP contribution >= 0.6 is 0 Å². The molecule has 2 spiro atoms. The highest BCUT2D eigenvalue weighted by atomic mass is 16.5. The number of carbonyl (C=O) groups is 1. The highest BCUT2D eigenvalue weighted by Crippen LogP contribution is 2.55. The van der Waals surface area contributed by atoms with Crippen LogP contribution in [0.5, 0.6) is 0 Å². The first-order chi connectivity index (χ1) is 11.2. The fourth-order valence-corrected chi connectivity index (χ4v) is 5.07. The molecule has 0 radical (unpaired) electrons. The van der Waals surface area contributed by atoms with Crippen molar-refractivity contribution in [1.29, 1.82) is 0 Å². The molecule has 6 heteroatoms. The zero-order valence-corrected chi connectivity index (χ0v) is 13.2. The Kier molecular flexibility index (Phi) is 2.86. The third-order valence-electron chi connectivity index (χ3n) is 6.21. The lowest BCUT2D eigenvalue weighted by Gasteiger charge is -2.47. The molecule has 0 aromatic heterocycles. The van der Waals surface area contributed by atoms with Gasteiger partial charge >= 0.3 is 0 Å². The molecule has 4 aliphatic heterocycles. The number of ether oxygens (including phenoxy) is 2. The molecule has 2 fully saturated rings. The van der Waals surface area contributed by atoms with E-state index in [1.165, 1.54) is 5.57 Å². The van der Waals surface area contributed by atoms with Crippen molar-refractivity contribution in [3.8, 4) is 0 Å². The predicted molar refractivity (Wildman–Crippen MR) is 81.5 cm³/mol. The third-order valence-corrected chi connectivity index (χ3v) is 6.21. The second-order valence-corrected chi connectivity index (χ2v) is 7.48. The predicted octanol–water partition coefficient (Wildman–Crippen LogP) is 2.09. The highest BCUT2D eigenvalue weighted by Gasteiger charge is 2.53. The smallest absolute Gasteiger partial charge is 0.162 e. The Balaban J connectivity index is 1.62. The van der Waals surface area contributed by atoms with Crippen LogP contribution in [0.3, 0.4) is 0 Å². The number of ketones is 1. The number of Topliss-reactive ketones (excluding diaryl/α,β-unsaturated/α-hetero) is 1. The second kappa shape index (κ2) is 4.74. The van der Waals surface area contributed by atoms with E-state index in [4.69, 9.17) is 9.47 Å². The van der Waals surface area contributed by atoms with Crippen molar-refractivity contribution in [3.63, 3.8) is 0 Å². The summed E-state index contributed by atoms with van der Waals surface area (Å²) < 4.78 is 11.2. The Hall–Kier alpha value is -1.53. The van der Waals surface area contributed by atoms with Crippen LogP contribution in [0, 0.1) is 10.8 Å². The van der Waals surface area contributed by atoms with Gasteiger partial charge in [-0.3, -0.25) is 4.79 Å². The molecule has 4 heterocycles. The van der Waals surface area contributed by atoms with E-state index in [0.29, 0.717) is 38.6 Å². The van der Waals surface area contributed by atoms with E-state index in [1.54, 1.807) is 0 Å². The largest absolute Gasteiger partial charge is 0.381 e. The quantitative estimate of drug-likeness (QED) is 0.743. The normalized spacial score (nSPS) is 35.0. The molecule has 0 bridgehead atoms. The molecule has 0 unspecified atom stereocenters. The van der Waals surface area contributed by atoms with Gasteiger partial charge in [0, 0.05) is 53.9 Å². The molecule has 5 aliphatic rings. The summed E-state index contributed by atoms with van der Waals surface area (Å²) in [6.45, 7) is 3.48.